The number of rotatable bonds is 2. The maximum atomic E-state index is 5.22. The average Bonchev–Trinajstić information content (AvgIpc) is 2.64. The lowest BCUT2D eigenvalue weighted by molar-refractivity contribution is 0.412. The minimum atomic E-state index is 0.585. The molecule has 1 heterocycles. The third-order valence-corrected chi connectivity index (χ3v) is 3.46. The number of anilines is 1. The van der Waals surface area contributed by atoms with Crippen molar-refractivity contribution in [3.05, 3.63) is 23.8 Å². The molecule has 1 aromatic rings. The second-order valence-corrected chi connectivity index (χ2v) is 5.31. The number of amidine groups is 1. The number of methoxy groups -OCH3 is 1. The van der Waals surface area contributed by atoms with Crippen molar-refractivity contribution in [2.24, 2.45) is 4.99 Å². The van der Waals surface area contributed by atoms with Crippen LogP contribution in [0.25, 0.3) is 0 Å². The van der Waals surface area contributed by atoms with Gasteiger partial charge in [0.2, 0.25) is 0 Å². The maximum Gasteiger partial charge on any atom is 0.161 e. The van der Waals surface area contributed by atoms with E-state index in [0.717, 1.165) is 28.7 Å². The Balaban J connectivity index is 2.08. The van der Waals surface area contributed by atoms with E-state index in [0.29, 0.717) is 5.25 Å². The lowest BCUT2D eigenvalue weighted by Crippen LogP contribution is -2.06. The van der Waals surface area contributed by atoms with Crippen molar-refractivity contribution in [3.63, 3.8) is 0 Å². The summed E-state index contributed by atoms with van der Waals surface area (Å²) in [4.78, 5) is 4.42. The van der Waals surface area contributed by atoms with Gasteiger partial charge in [-0.1, -0.05) is 18.7 Å². The summed E-state index contributed by atoms with van der Waals surface area (Å²) in [7, 11) is 1.69. The number of hydrogen-bond acceptors (Lipinski definition) is 4. The zero-order valence-electron chi connectivity index (χ0n) is 9.78. The molecule has 1 unspecified atom stereocenters. The standard InChI is InChI=1S/C12H16N2OS/c1-8-6-10(4-5-11(8)15-3)14-12-13-7-9(2)16-12/h4-6,9H,7H2,1-3H3,(H,13,14). The Morgan fingerprint density at radius 1 is 1.50 bits per heavy atom. The largest absolute Gasteiger partial charge is 0.496 e. The molecule has 0 saturated heterocycles. The molecule has 0 spiro atoms. The van der Waals surface area contributed by atoms with Gasteiger partial charge in [0.05, 0.1) is 13.7 Å². The second kappa shape index (κ2) is 4.78. The highest BCUT2D eigenvalue weighted by Gasteiger charge is 2.14. The first-order valence-electron chi connectivity index (χ1n) is 5.32. The normalized spacial score (nSPS) is 19.4. The monoisotopic (exact) mass is 236 g/mol. The Morgan fingerprint density at radius 2 is 2.31 bits per heavy atom. The number of benzene rings is 1. The molecule has 0 aromatic heterocycles. The molecule has 1 N–H and O–H groups in total. The SMILES string of the molecule is COc1ccc(NC2=NCC(C)S2)cc1C. The molecule has 1 atom stereocenters. The van der Waals surface area contributed by atoms with Gasteiger partial charge in [0, 0.05) is 10.9 Å². The van der Waals surface area contributed by atoms with Crippen LogP contribution in [-0.2, 0) is 0 Å². The van der Waals surface area contributed by atoms with Crippen LogP contribution in [0.4, 0.5) is 5.69 Å². The van der Waals surface area contributed by atoms with Gasteiger partial charge in [-0.3, -0.25) is 4.99 Å². The van der Waals surface area contributed by atoms with Crippen LogP contribution in [0.2, 0.25) is 0 Å². The summed E-state index contributed by atoms with van der Waals surface area (Å²) >= 11 is 1.78. The molecule has 16 heavy (non-hydrogen) atoms. The number of aryl methyl sites for hydroxylation is 1. The molecule has 0 radical (unpaired) electrons. The van der Waals surface area contributed by atoms with Crippen molar-refractivity contribution >= 4 is 22.6 Å². The highest BCUT2D eigenvalue weighted by atomic mass is 32.2. The van der Waals surface area contributed by atoms with Crippen molar-refractivity contribution in [1.29, 1.82) is 0 Å². The van der Waals surface area contributed by atoms with Crippen molar-refractivity contribution in [2.45, 2.75) is 19.1 Å². The molecule has 1 aromatic carbocycles. The van der Waals surface area contributed by atoms with E-state index in [2.05, 4.69) is 23.3 Å². The lowest BCUT2D eigenvalue weighted by atomic mass is 10.2. The summed E-state index contributed by atoms with van der Waals surface area (Å²) in [6.45, 7) is 5.13. The van der Waals surface area contributed by atoms with Crippen LogP contribution in [0.5, 0.6) is 5.75 Å². The molecular formula is C12H16N2OS. The first kappa shape index (κ1) is 11.3. The molecule has 86 valence electrons. The Kier molecular flexibility index (Phi) is 3.39. The van der Waals surface area contributed by atoms with Crippen LogP contribution in [0.3, 0.4) is 0 Å². The molecule has 0 bridgehead atoms. The van der Waals surface area contributed by atoms with Gasteiger partial charge in [-0.15, -0.1) is 0 Å². The number of aliphatic imine (C=N–C) groups is 1. The molecule has 0 aliphatic carbocycles. The van der Waals surface area contributed by atoms with E-state index in [9.17, 15) is 0 Å². The van der Waals surface area contributed by atoms with Gasteiger partial charge in [0.1, 0.15) is 5.75 Å². The second-order valence-electron chi connectivity index (χ2n) is 3.88. The van der Waals surface area contributed by atoms with E-state index in [1.165, 1.54) is 0 Å². The van der Waals surface area contributed by atoms with Crippen molar-refractivity contribution in [1.82, 2.24) is 0 Å². The van der Waals surface area contributed by atoms with Crippen LogP contribution in [0, 0.1) is 6.92 Å². The fraction of sp³-hybridized carbons (Fsp3) is 0.417. The highest BCUT2D eigenvalue weighted by Crippen LogP contribution is 2.25. The summed E-state index contributed by atoms with van der Waals surface area (Å²) in [5.74, 6) is 0.917. The van der Waals surface area contributed by atoms with Crippen molar-refractivity contribution in [3.8, 4) is 5.75 Å². The quantitative estimate of drug-likeness (QED) is 0.857. The topological polar surface area (TPSA) is 33.6 Å². The van der Waals surface area contributed by atoms with Gasteiger partial charge >= 0.3 is 0 Å². The first-order valence-corrected chi connectivity index (χ1v) is 6.20. The van der Waals surface area contributed by atoms with Gasteiger partial charge in [-0.2, -0.15) is 0 Å². The van der Waals surface area contributed by atoms with Gasteiger partial charge in [0.25, 0.3) is 0 Å². The molecule has 0 amide bonds. The van der Waals surface area contributed by atoms with E-state index in [1.807, 2.05) is 19.1 Å². The third kappa shape index (κ3) is 2.50. The number of ether oxygens (including phenoxy) is 1. The van der Waals surface area contributed by atoms with E-state index >= 15 is 0 Å². The first-order chi connectivity index (χ1) is 7.69. The Hall–Kier alpha value is -1.16. The van der Waals surface area contributed by atoms with Gasteiger partial charge < -0.3 is 10.1 Å². The number of nitrogens with zero attached hydrogens (tertiary/aromatic N) is 1. The zero-order chi connectivity index (χ0) is 11.5. The molecule has 1 aliphatic rings. The fourth-order valence-electron chi connectivity index (χ4n) is 1.63. The van der Waals surface area contributed by atoms with Crippen LogP contribution < -0.4 is 10.1 Å². The molecule has 4 heteroatoms. The smallest absolute Gasteiger partial charge is 0.161 e. The lowest BCUT2D eigenvalue weighted by Gasteiger charge is -2.09. The van der Waals surface area contributed by atoms with Gasteiger partial charge in [-0.05, 0) is 30.7 Å². The van der Waals surface area contributed by atoms with Crippen LogP contribution in [0.15, 0.2) is 23.2 Å². The average molecular weight is 236 g/mol. The molecule has 0 fully saturated rings. The Bertz CT molecular complexity index is 417. The molecule has 3 nitrogen and oxygen atoms in total. The van der Waals surface area contributed by atoms with Crippen LogP contribution in [0.1, 0.15) is 12.5 Å². The Labute approximate surface area is 100 Å². The van der Waals surface area contributed by atoms with Crippen molar-refractivity contribution < 1.29 is 4.74 Å². The number of hydrogen-bond donors (Lipinski definition) is 1. The summed E-state index contributed by atoms with van der Waals surface area (Å²) in [6, 6.07) is 6.06. The number of thioether (sulfide) groups is 1. The summed E-state index contributed by atoms with van der Waals surface area (Å²) in [5.41, 5.74) is 2.20. The summed E-state index contributed by atoms with van der Waals surface area (Å²) in [6.07, 6.45) is 0. The van der Waals surface area contributed by atoms with Crippen LogP contribution in [-0.4, -0.2) is 24.1 Å². The predicted octanol–water partition coefficient (Wildman–Crippen LogP) is 2.91. The third-order valence-electron chi connectivity index (χ3n) is 2.45. The molecule has 2 rings (SSSR count). The molecular weight excluding hydrogens is 220 g/mol. The highest BCUT2D eigenvalue weighted by molar-refractivity contribution is 8.15. The fourth-order valence-corrected chi connectivity index (χ4v) is 2.48. The predicted molar refractivity (Wildman–Crippen MR) is 70.7 cm³/mol. The van der Waals surface area contributed by atoms with Crippen molar-refractivity contribution in [2.75, 3.05) is 19.0 Å². The maximum absolute atomic E-state index is 5.22. The van der Waals surface area contributed by atoms with E-state index in [-0.39, 0.29) is 0 Å². The molecule has 0 saturated carbocycles. The number of nitrogens with one attached hydrogen (secondary N) is 1. The van der Waals surface area contributed by atoms with E-state index < -0.39 is 0 Å². The minimum absolute atomic E-state index is 0.585. The van der Waals surface area contributed by atoms with E-state index in [4.69, 9.17) is 4.74 Å². The van der Waals surface area contributed by atoms with E-state index in [1.54, 1.807) is 18.9 Å². The summed E-state index contributed by atoms with van der Waals surface area (Å²) < 4.78 is 5.22. The van der Waals surface area contributed by atoms with Crippen LogP contribution >= 0.6 is 11.8 Å². The Morgan fingerprint density at radius 3 is 2.88 bits per heavy atom. The molecule has 1 aliphatic heterocycles. The summed E-state index contributed by atoms with van der Waals surface area (Å²) in [5, 5.41) is 4.92. The minimum Gasteiger partial charge on any atom is -0.496 e. The zero-order valence-corrected chi connectivity index (χ0v) is 10.6. The van der Waals surface area contributed by atoms with Gasteiger partial charge in [-0.25, -0.2) is 0 Å². The van der Waals surface area contributed by atoms with Gasteiger partial charge in [0.15, 0.2) is 5.17 Å².